The first kappa shape index (κ1) is 13.2. The number of urea groups is 1. The fraction of sp³-hybridized carbons (Fsp3) is 0.846. The number of hydrogen-bond donors (Lipinski definition) is 2. The molecule has 2 amide bonds. The van der Waals surface area contributed by atoms with Crippen molar-refractivity contribution in [1.82, 2.24) is 10.2 Å². The fourth-order valence-corrected chi connectivity index (χ4v) is 3.23. The zero-order chi connectivity index (χ0) is 13.3. The Hall–Kier alpha value is -1.26. The van der Waals surface area contributed by atoms with Crippen LogP contribution in [0.25, 0.3) is 0 Å². The molecule has 2 N–H and O–H groups in total. The van der Waals surface area contributed by atoms with Crippen LogP contribution < -0.4 is 5.32 Å². The van der Waals surface area contributed by atoms with Crippen LogP contribution in [0.5, 0.6) is 0 Å². The van der Waals surface area contributed by atoms with Crippen molar-refractivity contribution in [3.63, 3.8) is 0 Å². The predicted molar refractivity (Wildman–Crippen MR) is 67.2 cm³/mol. The molecule has 2 aliphatic rings. The van der Waals surface area contributed by atoms with E-state index in [4.69, 9.17) is 0 Å². The number of aliphatic carboxylic acids is 1. The molecule has 0 radical (unpaired) electrons. The third-order valence-corrected chi connectivity index (χ3v) is 4.39. The van der Waals surface area contributed by atoms with E-state index >= 15 is 0 Å². The molecule has 1 heterocycles. The van der Waals surface area contributed by atoms with Gasteiger partial charge in [-0.15, -0.1) is 0 Å². The van der Waals surface area contributed by atoms with E-state index in [1.165, 1.54) is 4.90 Å². The number of carbonyl (C=O) groups excluding carboxylic acids is 1. The van der Waals surface area contributed by atoms with E-state index in [-0.39, 0.29) is 18.0 Å². The van der Waals surface area contributed by atoms with Crippen molar-refractivity contribution in [3.8, 4) is 0 Å². The number of likely N-dealkylation sites (tertiary alicyclic amines) is 1. The first-order valence-corrected chi connectivity index (χ1v) is 6.84. The average Bonchev–Trinajstić information content (AvgIpc) is 2.86. The summed E-state index contributed by atoms with van der Waals surface area (Å²) >= 11 is 0. The molecule has 0 aromatic rings. The van der Waals surface area contributed by atoms with Crippen molar-refractivity contribution in [3.05, 3.63) is 0 Å². The summed E-state index contributed by atoms with van der Waals surface area (Å²) in [6.07, 6.45) is 3.94. The van der Waals surface area contributed by atoms with Gasteiger partial charge in [0.1, 0.15) is 6.04 Å². The number of carbonyl (C=O) groups is 2. The van der Waals surface area contributed by atoms with E-state index < -0.39 is 12.0 Å². The second-order valence-corrected chi connectivity index (χ2v) is 5.55. The van der Waals surface area contributed by atoms with Gasteiger partial charge in [-0.1, -0.05) is 13.3 Å². The number of hydrogen-bond acceptors (Lipinski definition) is 2. The summed E-state index contributed by atoms with van der Waals surface area (Å²) in [6, 6.07) is -0.750. The van der Waals surface area contributed by atoms with Gasteiger partial charge in [0.05, 0.1) is 0 Å². The Morgan fingerprint density at radius 2 is 2.17 bits per heavy atom. The number of carboxylic acids is 1. The molecule has 5 nitrogen and oxygen atoms in total. The molecule has 0 aromatic heterocycles. The van der Waals surface area contributed by atoms with E-state index in [1.54, 1.807) is 0 Å². The van der Waals surface area contributed by atoms with E-state index in [9.17, 15) is 14.7 Å². The van der Waals surface area contributed by atoms with E-state index in [2.05, 4.69) is 5.32 Å². The van der Waals surface area contributed by atoms with Crippen LogP contribution in [0.2, 0.25) is 0 Å². The standard InChI is InChI=1S/C13H22N2O3/c1-3-8(2)14-13(18)15-7-9-5-4-6-10(9)11(15)12(16)17/h8-11H,3-7H2,1-2H3,(H,14,18)(H,16,17). The van der Waals surface area contributed by atoms with Gasteiger partial charge in [-0.25, -0.2) is 9.59 Å². The monoisotopic (exact) mass is 254 g/mol. The molecular weight excluding hydrogens is 232 g/mol. The first-order valence-electron chi connectivity index (χ1n) is 6.84. The van der Waals surface area contributed by atoms with E-state index in [1.807, 2.05) is 13.8 Å². The van der Waals surface area contributed by atoms with Gasteiger partial charge in [-0.05, 0) is 38.0 Å². The fourth-order valence-electron chi connectivity index (χ4n) is 3.23. The highest BCUT2D eigenvalue weighted by atomic mass is 16.4. The second-order valence-electron chi connectivity index (χ2n) is 5.55. The maximum Gasteiger partial charge on any atom is 0.326 e. The van der Waals surface area contributed by atoms with Crippen molar-refractivity contribution < 1.29 is 14.7 Å². The van der Waals surface area contributed by atoms with Gasteiger partial charge < -0.3 is 15.3 Å². The van der Waals surface area contributed by atoms with Crippen LogP contribution in [0.1, 0.15) is 39.5 Å². The van der Waals surface area contributed by atoms with Crippen molar-refractivity contribution in [2.24, 2.45) is 11.8 Å². The third-order valence-electron chi connectivity index (χ3n) is 4.39. The molecule has 5 heteroatoms. The number of amides is 2. The van der Waals surface area contributed by atoms with Crippen LogP contribution in [0.4, 0.5) is 4.79 Å². The van der Waals surface area contributed by atoms with Crippen LogP contribution in [0.3, 0.4) is 0 Å². The topological polar surface area (TPSA) is 69.6 Å². The van der Waals surface area contributed by atoms with Crippen molar-refractivity contribution in [2.45, 2.75) is 51.6 Å². The molecule has 2 fully saturated rings. The lowest BCUT2D eigenvalue weighted by molar-refractivity contribution is -0.142. The minimum Gasteiger partial charge on any atom is -0.480 e. The summed E-state index contributed by atoms with van der Waals surface area (Å²) in [5.74, 6) is -0.317. The molecule has 102 valence electrons. The Morgan fingerprint density at radius 1 is 1.44 bits per heavy atom. The summed E-state index contributed by atoms with van der Waals surface area (Å²) in [4.78, 5) is 25.0. The van der Waals surface area contributed by atoms with E-state index in [0.717, 1.165) is 25.7 Å². The highest BCUT2D eigenvalue weighted by molar-refractivity contribution is 5.84. The molecule has 0 bridgehead atoms. The van der Waals surface area contributed by atoms with Crippen molar-refractivity contribution >= 4 is 12.0 Å². The van der Waals surface area contributed by atoms with Crippen LogP contribution in [-0.4, -0.2) is 40.6 Å². The second kappa shape index (κ2) is 5.16. The van der Waals surface area contributed by atoms with Gasteiger partial charge >= 0.3 is 12.0 Å². The number of fused-ring (bicyclic) bond motifs is 1. The SMILES string of the molecule is CCC(C)NC(=O)N1CC2CCCC2C1C(=O)O. The summed E-state index contributed by atoms with van der Waals surface area (Å²) in [5.41, 5.74) is 0. The van der Waals surface area contributed by atoms with Crippen molar-refractivity contribution in [1.29, 1.82) is 0 Å². The summed E-state index contributed by atoms with van der Waals surface area (Å²) < 4.78 is 0. The maximum atomic E-state index is 12.1. The molecule has 0 spiro atoms. The number of carboxylic acid groups (broad SMARTS) is 1. The van der Waals surface area contributed by atoms with Crippen LogP contribution in [-0.2, 0) is 4.79 Å². The van der Waals surface area contributed by atoms with Crippen LogP contribution in [0, 0.1) is 11.8 Å². The summed E-state index contributed by atoms with van der Waals surface area (Å²) in [7, 11) is 0. The average molecular weight is 254 g/mol. The molecule has 1 aliphatic carbocycles. The minimum absolute atomic E-state index is 0.0902. The minimum atomic E-state index is -0.858. The summed E-state index contributed by atoms with van der Waals surface area (Å²) in [5, 5.41) is 12.2. The Labute approximate surface area is 108 Å². The molecule has 1 saturated heterocycles. The Balaban J connectivity index is 2.07. The van der Waals surface area contributed by atoms with Gasteiger partial charge in [0.15, 0.2) is 0 Å². The molecular formula is C13H22N2O3. The Morgan fingerprint density at radius 3 is 2.78 bits per heavy atom. The molecule has 4 unspecified atom stereocenters. The smallest absolute Gasteiger partial charge is 0.326 e. The summed E-state index contributed by atoms with van der Waals surface area (Å²) in [6.45, 7) is 4.53. The van der Waals surface area contributed by atoms with Gasteiger partial charge in [0.25, 0.3) is 0 Å². The third kappa shape index (κ3) is 2.31. The zero-order valence-corrected chi connectivity index (χ0v) is 11.1. The lowest BCUT2D eigenvalue weighted by Gasteiger charge is -2.26. The predicted octanol–water partition coefficient (Wildman–Crippen LogP) is 1.68. The molecule has 1 aliphatic heterocycles. The number of nitrogens with zero attached hydrogens (tertiary/aromatic N) is 1. The Bertz CT molecular complexity index is 345. The van der Waals surface area contributed by atoms with Gasteiger partial charge in [-0.3, -0.25) is 0 Å². The Kier molecular flexibility index (Phi) is 3.78. The zero-order valence-electron chi connectivity index (χ0n) is 11.1. The highest BCUT2D eigenvalue weighted by Gasteiger charge is 2.49. The molecule has 0 aromatic carbocycles. The van der Waals surface area contributed by atoms with Crippen molar-refractivity contribution in [2.75, 3.05) is 6.54 Å². The molecule has 4 atom stereocenters. The number of rotatable bonds is 3. The lowest BCUT2D eigenvalue weighted by Crippen LogP contribution is -2.49. The van der Waals surface area contributed by atoms with Crippen LogP contribution in [0.15, 0.2) is 0 Å². The van der Waals surface area contributed by atoms with Gasteiger partial charge in [0.2, 0.25) is 0 Å². The normalized spacial score (nSPS) is 32.1. The van der Waals surface area contributed by atoms with E-state index in [0.29, 0.717) is 12.5 Å². The van der Waals surface area contributed by atoms with Crippen LogP contribution >= 0.6 is 0 Å². The van der Waals surface area contributed by atoms with Gasteiger partial charge in [-0.2, -0.15) is 0 Å². The quantitative estimate of drug-likeness (QED) is 0.805. The highest BCUT2D eigenvalue weighted by Crippen LogP contribution is 2.42. The largest absolute Gasteiger partial charge is 0.480 e. The maximum absolute atomic E-state index is 12.1. The van der Waals surface area contributed by atoms with Gasteiger partial charge in [0, 0.05) is 12.6 Å². The molecule has 1 saturated carbocycles. The number of nitrogens with one attached hydrogen (secondary N) is 1. The molecule has 2 rings (SSSR count). The molecule has 18 heavy (non-hydrogen) atoms. The lowest BCUT2D eigenvalue weighted by atomic mass is 9.94. The first-order chi connectivity index (χ1) is 8.54.